The Hall–Kier alpha value is -3.79. The van der Waals surface area contributed by atoms with Gasteiger partial charge in [0.05, 0.1) is 13.7 Å². The maximum Gasteiger partial charge on any atom is 0.344 e. The summed E-state index contributed by atoms with van der Waals surface area (Å²) in [5.74, 6) is 0.822. The van der Waals surface area contributed by atoms with E-state index in [1.54, 1.807) is 38.3 Å². The molecule has 1 unspecified atom stereocenters. The van der Waals surface area contributed by atoms with Gasteiger partial charge in [0.2, 0.25) is 6.79 Å². The molecule has 33 heavy (non-hydrogen) atoms. The first-order valence-electron chi connectivity index (χ1n) is 10.4. The monoisotopic (exact) mass is 454 g/mol. The molecule has 0 radical (unpaired) electrons. The van der Waals surface area contributed by atoms with Crippen LogP contribution in [0, 0.1) is 0 Å². The number of imide groups is 1. The van der Waals surface area contributed by atoms with E-state index < -0.39 is 28.9 Å². The summed E-state index contributed by atoms with van der Waals surface area (Å²) >= 11 is 0. The molecule has 2 aliphatic rings. The predicted molar refractivity (Wildman–Crippen MR) is 117 cm³/mol. The highest BCUT2D eigenvalue weighted by molar-refractivity contribution is 6.08. The van der Waals surface area contributed by atoms with Crippen LogP contribution in [0.5, 0.6) is 17.2 Å². The average molecular weight is 454 g/mol. The van der Waals surface area contributed by atoms with Crippen molar-refractivity contribution >= 4 is 17.8 Å². The highest BCUT2D eigenvalue weighted by atomic mass is 16.7. The second-order valence-corrected chi connectivity index (χ2v) is 8.51. The molecular formula is C23H26N4O6. The van der Waals surface area contributed by atoms with Crippen LogP contribution in [-0.4, -0.2) is 43.3 Å². The van der Waals surface area contributed by atoms with Crippen molar-refractivity contribution in [3.63, 3.8) is 0 Å². The van der Waals surface area contributed by atoms with Gasteiger partial charge in [-0.25, -0.2) is 4.79 Å². The Morgan fingerprint density at radius 2 is 1.85 bits per heavy atom. The van der Waals surface area contributed by atoms with Gasteiger partial charge in [-0.15, -0.1) is 0 Å². The van der Waals surface area contributed by atoms with Crippen molar-refractivity contribution in [1.82, 2.24) is 21.1 Å². The SMILES string of the molecule is COc1ccc(C2(C)NC(=O)N(NC(=O)CNC(C)(C)c3ccc4c(c3)OCO4)C2=O)cc1. The summed E-state index contributed by atoms with van der Waals surface area (Å²) in [5.41, 5.74) is 1.95. The van der Waals surface area contributed by atoms with Gasteiger partial charge in [0.1, 0.15) is 11.3 Å². The number of carbonyl (C=O) groups is 3. The van der Waals surface area contributed by atoms with E-state index in [0.717, 1.165) is 5.56 Å². The zero-order valence-corrected chi connectivity index (χ0v) is 18.9. The first kappa shape index (κ1) is 22.4. The van der Waals surface area contributed by atoms with E-state index in [4.69, 9.17) is 14.2 Å². The average Bonchev–Trinajstić information content (AvgIpc) is 3.36. The number of methoxy groups -OCH3 is 1. The summed E-state index contributed by atoms with van der Waals surface area (Å²) in [5, 5.41) is 6.50. The lowest BCUT2D eigenvalue weighted by atomic mass is 9.92. The highest BCUT2D eigenvalue weighted by Gasteiger charge is 2.50. The topological polar surface area (TPSA) is 118 Å². The lowest BCUT2D eigenvalue weighted by Crippen LogP contribution is -2.52. The molecule has 0 aromatic heterocycles. The third-order valence-corrected chi connectivity index (χ3v) is 5.88. The molecule has 1 saturated heterocycles. The van der Waals surface area contributed by atoms with Gasteiger partial charge < -0.3 is 19.5 Å². The lowest BCUT2D eigenvalue weighted by Gasteiger charge is -2.27. The van der Waals surface area contributed by atoms with E-state index in [2.05, 4.69) is 16.1 Å². The molecule has 0 saturated carbocycles. The van der Waals surface area contributed by atoms with Crippen LogP contribution in [0.2, 0.25) is 0 Å². The Kier molecular flexibility index (Phi) is 5.62. The van der Waals surface area contributed by atoms with Crippen LogP contribution in [0.25, 0.3) is 0 Å². The van der Waals surface area contributed by atoms with E-state index in [0.29, 0.717) is 27.8 Å². The quantitative estimate of drug-likeness (QED) is 0.546. The van der Waals surface area contributed by atoms with E-state index >= 15 is 0 Å². The molecule has 0 bridgehead atoms. The molecular weight excluding hydrogens is 428 g/mol. The summed E-state index contributed by atoms with van der Waals surface area (Å²) < 4.78 is 15.9. The number of hydrazine groups is 1. The molecule has 2 aromatic carbocycles. The molecule has 2 aromatic rings. The van der Waals surface area contributed by atoms with Gasteiger partial charge in [0, 0.05) is 5.54 Å². The minimum absolute atomic E-state index is 0.127. The molecule has 1 fully saturated rings. The standard InChI is InChI=1S/C23H26N4O6/c1-22(2,15-7-10-17-18(11-15)33-13-32-17)24-12-19(28)26-27-20(29)23(3,25-21(27)30)14-5-8-16(31-4)9-6-14/h5-11,24H,12-13H2,1-4H3,(H,25,30)(H,26,28). The maximum atomic E-state index is 13.0. The Balaban J connectivity index is 1.39. The fraction of sp³-hybridized carbons (Fsp3) is 0.348. The van der Waals surface area contributed by atoms with Crippen LogP contribution in [0.1, 0.15) is 31.9 Å². The molecule has 0 spiro atoms. The van der Waals surface area contributed by atoms with Crippen LogP contribution in [0.15, 0.2) is 42.5 Å². The van der Waals surface area contributed by atoms with Gasteiger partial charge in [-0.3, -0.25) is 20.3 Å². The molecule has 10 nitrogen and oxygen atoms in total. The highest BCUT2D eigenvalue weighted by Crippen LogP contribution is 2.35. The second kappa shape index (κ2) is 8.28. The van der Waals surface area contributed by atoms with Crippen LogP contribution in [0.3, 0.4) is 0 Å². The number of hydrogen-bond acceptors (Lipinski definition) is 7. The number of nitrogens with one attached hydrogen (secondary N) is 3. The van der Waals surface area contributed by atoms with Gasteiger partial charge >= 0.3 is 6.03 Å². The van der Waals surface area contributed by atoms with Crippen molar-refractivity contribution in [1.29, 1.82) is 0 Å². The van der Waals surface area contributed by atoms with Crippen molar-refractivity contribution in [2.24, 2.45) is 0 Å². The van der Waals surface area contributed by atoms with Crippen LogP contribution in [-0.2, 0) is 20.7 Å². The zero-order chi connectivity index (χ0) is 23.8. The van der Waals surface area contributed by atoms with Crippen LogP contribution >= 0.6 is 0 Å². The summed E-state index contributed by atoms with van der Waals surface area (Å²) in [6, 6.07) is 11.6. The van der Waals surface area contributed by atoms with Crippen molar-refractivity contribution in [3.8, 4) is 17.2 Å². The largest absolute Gasteiger partial charge is 0.497 e. The summed E-state index contributed by atoms with van der Waals surface area (Å²) in [6.07, 6.45) is 0. The van der Waals surface area contributed by atoms with Crippen molar-refractivity contribution in [2.75, 3.05) is 20.4 Å². The number of rotatable bonds is 7. The van der Waals surface area contributed by atoms with E-state index in [9.17, 15) is 14.4 Å². The minimum atomic E-state index is -1.31. The number of urea groups is 1. The molecule has 1 atom stereocenters. The molecule has 4 amide bonds. The molecule has 174 valence electrons. The van der Waals surface area contributed by atoms with E-state index in [1.165, 1.54) is 0 Å². The Bertz CT molecular complexity index is 1100. The Labute approximate surface area is 191 Å². The van der Waals surface area contributed by atoms with Crippen molar-refractivity contribution in [3.05, 3.63) is 53.6 Å². The third-order valence-electron chi connectivity index (χ3n) is 5.88. The summed E-state index contributed by atoms with van der Waals surface area (Å²) in [7, 11) is 1.54. The van der Waals surface area contributed by atoms with Crippen molar-refractivity contribution < 1.29 is 28.6 Å². The number of benzene rings is 2. The van der Waals surface area contributed by atoms with Crippen LogP contribution in [0.4, 0.5) is 4.79 Å². The molecule has 2 aliphatic heterocycles. The normalized spacial score (nSPS) is 19.5. The van der Waals surface area contributed by atoms with Gasteiger partial charge in [-0.05, 0) is 56.2 Å². The van der Waals surface area contributed by atoms with E-state index in [1.807, 2.05) is 32.0 Å². The second-order valence-electron chi connectivity index (χ2n) is 8.51. The fourth-order valence-electron chi connectivity index (χ4n) is 3.71. The number of nitrogens with zero attached hydrogens (tertiary/aromatic N) is 1. The first-order chi connectivity index (χ1) is 15.6. The van der Waals surface area contributed by atoms with Gasteiger partial charge in [0.25, 0.3) is 11.8 Å². The zero-order valence-electron chi connectivity index (χ0n) is 18.9. The molecule has 0 aliphatic carbocycles. The Morgan fingerprint density at radius 1 is 1.15 bits per heavy atom. The molecule has 2 heterocycles. The maximum absolute atomic E-state index is 13.0. The number of ether oxygens (including phenoxy) is 3. The number of amides is 4. The van der Waals surface area contributed by atoms with Gasteiger partial charge in [0.15, 0.2) is 11.5 Å². The third kappa shape index (κ3) is 4.17. The summed E-state index contributed by atoms with van der Waals surface area (Å²) in [4.78, 5) is 38.1. The van der Waals surface area contributed by atoms with Crippen molar-refractivity contribution in [2.45, 2.75) is 31.8 Å². The molecule has 4 rings (SSSR count). The number of hydrogen-bond donors (Lipinski definition) is 3. The van der Waals surface area contributed by atoms with E-state index in [-0.39, 0.29) is 13.3 Å². The summed E-state index contributed by atoms with van der Waals surface area (Å²) in [6.45, 7) is 5.45. The smallest absolute Gasteiger partial charge is 0.344 e. The number of carbonyl (C=O) groups excluding carboxylic acids is 3. The molecule has 3 N–H and O–H groups in total. The number of fused-ring (bicyclic) bond motifs is 1. The first-order valence-corrected chi connectivity index (χ1v) is 10.4. The van der Waals surface area contributed by atoms with Crippen LogP contribution < -0.4 is 30.3 Å². The Morgan fingerprint density at radius 3 is 2.55 bits per heavy atom. The van der Waals surface area contributed by atoms with Gasteiger partial charge in [-0.1, -0.05) is 18.2 Å². The molecule has 10 heteroatoms. The predicted octanol–water partition coefficient (Wildman–Crippen LogP) is 1.75. The lowest BCUT2D eigenvalue weighted by molar-refractivity contribution is -0.138. The van der Waals surface area contributed by atoms with Gasteiger partial charge in [-0.2, -0.15) is 5.01 Å². The minimum Gasteiger partial charge on any atom is -0.497 e. The fourth-order valence-corrected chi connectivity index (χ4v) is 3.71.